The van der Waals surface area contributed by atoms with Gasteiger partial charge in [-0.2, -0.15) is 0 Å². The maximum absolute atomic E-state index is 10.5. The molecule has 0 aromatic heterocycles. The maximum Gasteiger partial charge on any atom is 0.272 e. The van der Waals surface area contributed by atoms with Crippen molar-refractivity contribution in [1.82, 2.24) is 0 Å². The minimum absolute atomic E-state index is 0.0152. The van der Waals surface area contributed by atoms with Gasteiger partial charge in [0.1, 0.15) is 5.75 Å². The minimum atomic E-state index is -0.592. The predicted octanol–water partition coefficient (Wildman–Crippen LogP) is 0.767. The van der Waals surface area contributed by atoms with Gasteiger partial charge in [-0.05, 0) is 19.1 Å². The minimum Gasteiger partial charge on any atom is -0.484 e. The summed E-state index contributed by atoms with van der Waals surface area (Å²) < 4.78 is 4.99. The highest BCUT2D eigenvalue weighted by molar-refractivity contribution is 5.75. The number of nitrogens with two attached hydrogens (primary N) is 1. The molecule has 80 valence electrons. The zero-order valence-corrected chi connectivity index (χ0v) is 8.10. The number of aryl methyl sites for hydroxylation is 1. The largest absolute Gasteiger partial charge is 0.484 e. The monoisotopic (exact) mass is 210 g/mol. The highest BCUT2D eigenvalue weighted by Crippen LogP contribution is 2.22. The van der Waals surface area contributed by atoms with Gasteiger partial charge in [0.15, 0.2) is 6.61 Å². The number of ether oxygens (including phenoxy) is 1. The van der Waals surface area contributed by atoms with Gasteiger partial charge in [-0.1, -0.05) is 0 Å². The van der Waals surface area contributed by atoms with Crippen molar-refractivity contribution >= 4 is 11.6 Å². The molecule has 6 heteroatoms. The van der Waals surface area contributed by atoms with Crippen molar-refractivity contribution in [2.45, 2.75) is 6.92 Å². The summed E-state index contributed by atoms with van der Waals surface area (Å²) in [7, 11) is 0. The maximum atomic E-state index is 10.5. The van der Waals surface area contributed by atoms with Gasteiger partial charge in [0.25, 0.3) is 11.6 Å². The number of primary amides is 1. The SMILES string of the molecule is Cc1cc(OCC(N)=O)ccc1[N+](=O)[O-]. The summed E-state index contributed by atoms with van der Waals surface area (Å²) in [5.74, 6) is -0.206. The van der Waals surface area contributed by atoms with E-state index < -0.39 is 10.8 Å². The average Bonchev–Trinajstić information content (AvgIpc) is 2.14. The average molecular weight is 210 g/mol. The molecule has 1 rings (SSSR count). The summed E-state index contributed by atoms with van der Waals surface area (Å²) >= 11 is 0. The molecule has 15 heavy (non-hydrogen) atoms. The Balaban J connectivity index is 2.82. The Morgan fingerprint density at radius 3 is 2.73 bits per heavy atom. The molecule has 1 aromatic carbocycles. The molecule has 0 unspecified atom stereocenters. The van der Waals surface area contributed by atoms with Crippen molar-refractivity contribution in [2.75, 3.05) is 6.61 Å². The third-order valence-corrected chi connectivity index (χ3v) is 1.75. The van der Waals surface area contributed by atoms with Crippen LogP contribution >= 0.6 is 0 Å². The Morgan fingerprint density at radius 2 is 2.27 bits per heavy atom. The van der Waals surface area contributed by atoms with Crippen molar-refractivity contribution < 1.29 is 14.5 Å². The van der Waals surface area contributed by atoms with Gasteiger partial charge in [0, 0.05) is 11.6 Å². The van der Waals surface area contributed by atoms with E-state index in [4.69, 9.17) is 10.5 Å². The highest BCUT2D eigenvalue weighted by atomic mass is 16.6. The zero-order valence-electron chi connectivity index (χ0n) is 8.10. The van der Waals surface area contributed by atoms with E-state index in [1.54, 1.807) is 6.92 Å². The van der Waals surface area contributed by atoms with Crippen molar-refractivity contribution in [1.29, 1.82) is 0 Å². The lowest BCUT2D eigenvalue weighted by Crippen LogP contribution is -2.20. The van der Waals surface area contributed by atoms with E-state index in [-0.39, 0.29) is 12.3 Å². The number of hydrogen-bond acceptors (Lipinski definition) is 4. The van der Waals surface area contributed by atoms with Crippen LogP contribution in [0.4, 0.5) is 5.69 Å². The third-order valence-electron chi connectivity index (χ3n) is 1.75. The number of carbonyl (C=O) groups is 1. The fourth-order valence-electron chi connectivity index (χ4n) is 1.08. The second-order valence-electron chi connectivity index (χ2n) is 2.96. The predicted molar refractivity (Wildman–Crippen MR) is 52.5 cm³/mol. The lowest BCUT2D eigenvalue weighted by atomic mass is 10.2. The van der Waals surface area contributed by atoms with E-state index in [0.717, 1.165) is 0 Å². The quantitative estimate of drug-likeness (QED) is 0.586. The van der Waals surface area contributed by atoms with Gasteiger partial charge < -0.3 is 10.5 Å². The third kappa shape index (κ3) is 2.94. The van der Waals surface area contributed by atoms with Crippen LogP contribution in [0.25, 0.3) is 0 Å². The van der Waals surface area contributed by atoms with Crippen LogP contribution in [0, 0.1) is 17.0 Å². The van der Waals surface area contributed by atoms with Crippen molar-refractivity contribution in [3.05, 3.63) is 33.9 Å². The van der Waals surface area contributed by atoms with E-state index in [2.05, 4.69) is 0 Å². The number of benzene rings is 1. The highest BCUT2D eigenvalue weighted by Gasteiger charge is 2.10. The topological polar surface area (TPSA) is 95.5 Å². The first-order valence-electron chi connectivity index (χ1n) is 4.17. The van der Waals surface area contributed by atoms with Crippen LogP contribution in [-0.4, -0.2) is 17.4 Å². The molecule has 1 amide bonds. The van der Waals surface area contributed by atoms with Gasteiger partial charge in [0.2, 0.25) is 0 Å². The molecule has 0 heterocycles. The Bertz CT molecular complexity index is 403. The molecular formula is C9H10N2O4. The molecule has 0 radical (unpaired) electrons. The smallest absolute Gasteiger partial charge is 0.272 e. The summed E-state index contributed by atoms with van der Waals surface area (Å²) in [6, 6.07) is 4.24. The number of carbonyl (C=O) groups excluding carboxylic acids is 1. The normalized spacial score (nSPS) is 9.67. The molecule has 0 saturated carbocycles. The molecule has 0 spiro atoms. The molecule has 0 bridgehead atoms. The standard InChI is InChI=1S/C9H10N2O4/c1-6-4-7(15-5-9(10)12)2-3-8(6)11(13)14/h2-4H,5H2,1H3,(H2,10,12). The van der Waals surface area contributed by atoms with Gasteiger partial charge >= 0.3 is 0 Å². The number of nitrogens with zero attached hydrogens (tertiary/aromatic N) is 1. The summed E-state index contributed by atoms with van der Waals surface area (Å²) in [6.45, 7) is 1.35. The summed E-state index contributed by atoms with van der Waals surface area (Å²) in [4.78, 5) is 20.4. The van der Waals surface area contributed by atoms with Crippen LogP contribution in [0.5, 0.6) is 5.75 Å². The molecule has 6 nitrogen and oxygen atoms in total. The molecule has 0 aliphatic rings. The molecule has 0 fully saturated rings. The van der Waals surface area contributed by atoms with E-state index >= 15 is 0 Å². The molecule has 0 atom stereocenters. The van der Waals surface area contributed by atoms with Crippen molar-refractivity contribution in [3.63, 3.8) is 0 Å². The van der Waals surface area contributed by atoms with Crippen LogP contribution in [0.3, 0.4) is 0 Å². The Labute approximate surface area is 85.8 Å². The van der Waals surface area contributed by atoms with Gasteiger partial charge in [0.05, 0.1) is 4.92 Å². The summed E-state index contributed by atoms with van der Waals surface area (Å²) in [6.07, 6.45) is 0. The lowest BCUT2D eigenvalue weighted by Gasteiger charge is -2.04. The second kappa shape index (κ2) is 4.41. The van der Waals surface area contributed by atoms with Crippen LogP contribution in [0.2, 0.25) is 0 Å². The first-order valence-corrected chi connectivity index (χ1v) is 4.17. The second-order valence-corrected chi connectivity index (χ2v) is 2.96. The zero-order chi connectivity index (χ0) is 11.4. The van der Waals surface area contributed by atoms with Gasteiger partial charge in [-0.15, -0.1) is 0 Å². The number of hydrogen-bond donors (Lipinski definition) is 1. The number of nitro benzene ring substituents is 1. The van der Waals surface area contributed by atoms with E-state index in [1.165, 1.54) is 18.2 Å². The Morgan fingerprint density at radius 1 is 1.60 bits per heavy atom. The lowest BCUT2D eigenvalue weighted by molar-refractivity contribution is -0.385. The molecular weight excluding hydrogens is 200 g/mol. The molecule has 1 aromatic rings. The van der Waals surface area contributed by atoms with E-state index in [1.807, 2.05) is 0 Å². The fraction of sp³-hybridized carbons (Fsp3) is 0.222. The summed E-state index contributed by atoms with van der Waals surface area (Å²) in [5.41, 5.74) is 5.37. The number of amides is 1. The molecule has 0 aliphatic carbocycles. The van der Waals surface area contributed by atoms with E-state index in [9.17, 15) is 14.9 Å². The first kappa shape index (κ1) is 11.0. The molecule has 0 saturated heterocycles. The van der Waals surface area contributed by atoms with Crippen LogP contribution < -0.4 is 10.5 Å². The Kier molecular flexibility index (Phi) is 3.22. The summed E-state index contributed by atoms with van der Waals surface area (Å²) in [5, 5.41) is 10.5. The fourth-order valence-corrected chi connectivity index (χ4v) is 1.08. The van der Waals surface area contributed by atoms with Crippen molar-refractivity contribution in [2.24, 2.45) is 5.73 Å². The van der Waals surface area contributed by atoms with Crippen LogP contribution in [0.15, 0.2) is 18.2 Å². The molecule has 2 N–H and O–H groups in total. The van der Waals surface area contributed by atoms with Crippen molar-refractivity contribution in [3.8, 4) is 5.75 Å². The van der Waals surface area contributed by atoms with E-state index in [0.29, 0.717) is 11.3 Å². The van der Waals surface area contributed by atoms with Gasteiger partial charge in [-0.25, -0.2) is 0 Å². The van der Waals surface area contributed by atoms with Gasteiger partial charge in [-0.3, -0.25) is 14.9 Å². The molecule has 0 aliphatic heterocycles. The van der Waals surface area contributed by atoms with Crippen LogP contribution in [-0.2, 0) is 4.79 Å². The first-order chi connectivity index (χ1) is 7.00. The van der Waals surface area contributed by atoms with Crippen LogP contribution in [0.1, 0.15) is 5.56 Å². The Hall–Kier alpha value is -2.11. The number of rotatable bonds is 4. The number of nitro groups is 1.